The Morgan fingerprint density at radius 1 is 1.33 bits per heavy atom. The van der Waals surface area contributed by atoms with Crippen LogP contribution in [0.25, 0.3) is 0 Å². The molecule has 0 amide bonds. The van der Waals surface area contributed by atoms with E-state index in [-0.39, 0.29) is 6.04 Å². The molecule has 1 aromatic rings. The fraction of sp³-hybridized carbons (Fsp3) is 0.500. The topological polar surface area (TPSA) is 38.9 Å². The molecule has 0 unspecified atom stereocenters. The molecule has 2 N–H and O–H groups in total. The van der Waals surface area contributed by atoms with Crippen LogP contribution < -0.4 is 5.73 Å². The first-order valence-electron chi connectivity index (χ1n) is 4.38. The first kappa shape index (κ1) is 11.1. The van der Waals surface area contributed by atoms with E-state index in [2.05, 4.69) is 4.98 Å². The lowest BCUT2D eigenvalue weighted by molar-refractivity contribution is 0.780. The fourth-order valence-electron chi connectivity index (χ4n) is 0.749. The summed E-state index contributed by atoms with van der Waals surface area (Å²) < 4.78 is 0. The predicted octanol–water partition coefficient (Wildman–Crippen LogP) is 2.44. The molecule has 0 fully saturated rings. The lowest BCUT2D eigenvalue weighted by Gasteiger charge is -2.02. The maximum absolute atomic E-state index is 5.60. The maximum Gasteiger partial charge on any atom is 0.0568 e. The molecule has 2 heteroatoms. The summed E-state index contributed by atoms with van der Waals surface area (Å²) in [6.45, 7) is 7.94. The Balaban J connectivity index is 0.000000561. The van der Waals surface area contributed by atoms with E-state index in [0.717, 1.165) is 5.69 Å². The molecular weight excluding hydrogens is 148 g/mol. The van der Waals surface area contributed by atoms with Crippen molar-refractivity contribution in [2.24, 2.45) is 5.73 Å². The highest BCUT2D eigenvalue weighted by Gasteiger charge is 1.97. The van der Waals surface area contributed by atoms with E-state index in [1.54, 1.807) is 0 Å². The van der Waals surface area contributed by atoms with Gasteiger partial charge in [-0.15, -0.1) is 0 Å². The molecule has 1 aromatic heterocycles. The van der Waals surface area contributed by atoms with Gasteiger partial charge in [-0.2, -0.15) is 0 Å². The predicted molar refractivity (Wildman–Crippen MR) is 52.9 cm³/mol. The zero-order valence-electron chi connectivity index (χ0n) is 8.33. The average Bonchev–Trinajstić information content (AvgIpc) is 2.09. The molecule has 1 heterocycles. The van der Waals surface area contributed by atoms with Crippen LogP contribution in [0.2, 0.25) is 0 Å². The van der Waals surface area contributed by atoms with Crippen LogP contribution in [-0.4, -0.2) is 4.98 Å². The number of aromatic nitrogens is 1. The summed E-state index contributed by atoms with van der Waals surface area (Å²) in [5, 5.41) is 0. The van der Waals surface area contributed by atoms with E-state index < -0.39 is 0 Å². The summed E-state index contributed by atoms with van der Waals surface area (Å²) in [6.07, 6.45) is 1.83. The van der Waals surface area contributed by atoms with E-state index in [9.17, 15) is 0 Å². The molecule has 0 saturated carbocycles. The van der Waals surface area contributed by atoms with Gasteiger partial charge in [-0.05, 0) is 25.5 Å². The minimum absolute atomic E-state index is 0.0422. The molecule has 0 aromatic carbocycles. The number of aryl methyl sites for hydroxylation is 1. The second-order valence-corrected chi connectivity index (χ2v) is 2.55. The van der Waals surface area contributed by atoms with Gasteiger partial charge in [0.25, 0.3) is 0 Å². The van der Waals surface area contributed by atoms with Gasteiger partial charge in [0, 0.05) is 12.2 Å². The van der Waals surface area contributed by atoms with Crippen molar-refractivity contribution in [2.45, 2.75) is 33.7 Å². The van der Waals surface area contributed by atoms with E-state index in [1.807, 2.05) is 46.0 Å². The van der Waals surface area contributed by atoms with Gasteiger partial charge in [0.15, 0.2) is 0 Å². The highest BCUT2D eigenvalue weighted by atomic mass is 14.7. The van der Waals surface area contributed by atoms with Crippen LogP contribution in [0.3, 0.4) is 0 Å². The minimum atomic E-state index is 0.0422. The van der Waals surface area contributed by atoms with Crippen molar-refractivity contribution < 1.29 is 0 Å². The molecule has 0 spiro atoms. The van der Waals surface area contributed by atoms with Crippen molar-refractivity contribution >= 4 is 0 Å². The van der Waals surface area contributed by atoms with Gasteiger partial charge in [0.05, 0.1) is 5.69 Å². The Morgan fingerprint density at radius 3 is 2.25 bits per heavy atom. The van der Waals surface area contributed by atoms with Gasteiger partial charge >= 0.3 is 0 Å². The van der Waals surface area contributed by atoms with Crippen molar-refractivity contribution in [1.29, 1.82) is 0 Å². The third kappa shape index (κ3) is 3.49. The number of nitrogens with zero attached hydrogens (tertiary/aromatic N) is 1. The van der Waals surface area contributed by atoms with E-state index in [1.165, 1.54) is 5.56 Å². The van der Waals surface area contributed by atoms with Crippen LogP contribution >= 0.6 is 0 Å². The largest absolute Gasteiger partial charge is 0.323 e. The maximum atomic E-state index is 5.60. The quantitative estimate of drug-likeness (QED) is 0.696. The summed E-state index contributed by atoms with van der Waals surface area (Å²) in [5.41, 5.74) is 7.72. The Hall–Kier alpha value is -0.890. The van der Waals surface area contributed by atoms with E-state index in [0.29, 0.717) is 0 Å². The Kier molecular flexibility index (Phi) is 5.30. The molecule has 12 heavy (non-hydrogen) atoms. The van der Waals surface area contributed by atoms with Crippen molar-refractivity contribution in [3.8, 4) is 0 Å². The molecule has 0 aliphatic heterocycles. The van der Waals surface area contributed by atoms with Crippen molar-refractivity contribution in [1.82, 2.24) is 4.98 Å². The van der Waals surface area contributed by atoms with E-state index >= 15 is 0 Å². The first-order chi connectivity index (χ1) is 5.70. The molecular formula is C10H18N2. The number of hydrogen-bond acceptors (Lipinski definition) is 2. The SMILES string of the molecule is CC.Cc1ccc([C@H](C)N)nc1. The third-order valence-corrected chi connectivity index (χ3v) is 1.40. The Bertz CT molecular complexity index is 202. The molecule has 1 atom stereocenters. The van der Waals surface area contributed by atoms with Gasteiger partial charge in [0.2, 0.25) is 0 Å². The number of rotatable bonds is 1. The summed E-state index contributed by atoms with van der Waals surface area (Å²) in [6, 6.07) is 4.02. The fourth-order valence-corrected chi connectivity index (χ4v) is 0.749. The zero-order chi connectivity index (χ0) is 9.56. The molecule has 1 rings (SSSR count). The van der Waals surface area contributed by atoms with Crippen molar-refractivity contribution in [3.63, 3.8) is 0 Å². The molecule has 0 radical (unpaired) electrons. The second-order valence-electron chi connectivity index (χ2n) is 2.55. The summed E-state index contributed by atoms with van der Waals surface area (Å²) in [7, 11) is 0. The van der Waals surface area contributed by atoms with Crippen molar-refractivity contribution in [3.05, 3.63) is 29.6 Å². The first-order valence-corrected chi connectivity index (χ1v) is 4.38. The van der Waals surface area contributed by atoms with Gasteiger partial charge in [-0.3, -0.25) is 4.98 Å². The Labute approximate surface area is 74.8 Å². The number of pyridine rings is 1. The smallest absolute Gasteiger partial charge is 0.0568 e. The van der Waals surface area contributed by atoms with Crippen LogP contribution in [-0.2, 0) is 0 Å². The average molecular weight is 166 g/mol. The molecule has 68 valence electrons. The third-order valence-electron chi connectivity index (χ3n) is 1.40. The lowest BCUT2D eigenvalue weighted by atomic mass is 10.2. The molecule has 0 saturated heterocycles. The van der Waals surface area contributed by atoms with Crippen LogP contribution in [0.15, 0.2) is 18.3 Å². The standard InChI is InChI=1S/C8H12N2.C2H6/c1-6-3-4-8(7(2)9)10-5-6;1-2/h3-5,7H,9H2,1-2H3;1-2H3/t7-;/m0./s1. The van der Waals surface area contributed by atoms with Gasteiger partial charge in [-0.25, -0.2) is 0 Å². The summed E-state index contributed by atoms with van der Waals surface area (Å²) >= 11 is 0. The normalized spacial score (nSPS) is 11.4. The monoisotopic (exact) mass is 166 g/mol. The molecule has 0 aliphatic rings. The zero-order valence-corrected chi connectivity index (χ0v) is 8.33. The van der Waals surface area contributed by atoms with Crippen LogP contribution in [0.4, 0.5) is 0 Å². The number of hydrogen-bond donors (Lipinski definition) is 1. The van der Waals surface area contributed by atoms with E-state index in [4.69, 9.17) is 5.73 Å². The molecule has 0 bridgehead atoms. The summed E-state index contributed by atoms with van der Waals surface area (Å²) in [5.74, 6) is 0. The van der Waals surface area contributed by atoms with Crippen LogP contribution in [0, 0.1) is 6.92 Å². The van der Waals surface area contributed by atoms with Crippen LogP contribution in [0.5, 0.6) is 0 Å². The van der Waals surface area contributed by atoms with Crippen molar-refractivity contribution in [2.75, 3.05) is 0 Å². The van der Waals surface area contributed by atoms with Gasteiger partial charge in [0.1, 0.15) is 0 Å². The van der Waals surface area contributed by atoms with Crippen LogP contribution in [0.1, 0.15) is 38.1 Å². The molecule has 2 nitrogen and oxygen atoms in total. The molecule has 0 aliphatic carbocycles. The second kappa shape index (κ2) is 5.72. The Morgan fingerprint density at radius 2 is 1.92 bits per heavy atom. The number of nitrogens with two attached hydrogens (primary N) is 1. The van der Waals surface area contributed by atoms with Gasteiger partial charge in [-0.1, -0.05) is 19.9 Å². The minimum Gasteiger partial charge on any atom is -0.323 e. The lowest BCUT2D eigenvalue weighted by Crippen LogP contribution is -2.06. The van der Waals surface area contributed by atoms with Gasteiger partial charge < -0.3 is 5.73 Å². The summed E-state index contributed by atoms with van der Waals surface area (Å²) in [4.78, 5) is 4.15. The highest BCUT2D eigenvalue weighted by Crippen LogP contribution is 2.05. The highest BCUT2D eigenvalue weighted by molar-refractivity contribution is 5.13.